The van der Waals surface area contributed by atoms with Crippen molar-refractivity contribution < 1.29 is 24.5 Å². The number of hydrogen-bond acceptors (Lipinski definition) is 6. The molecule has 2 aliphatic rings. The Morgan fingerprint density at radius 1 is 1.16 bits per heavy atom. The number of carbonyl (C=O) groups is 2. The van der Waals surface area contributed by atoms with Gasteiger partial charge in [-0.1, -0.05) is 35.9 Å². The lowest BCUT2D eigenvalue weighted by molar-refractivity contribution is -0.120. The number of aliphatic hydroxyl groups is 1. The van der Waals surface area contributed by atoms with Crippen LogP contribution in [-0.4, -0.2) is 55.7 Å². The van der Waals surface area contributed by atoms with Crippen molar-refractivity contribution in [3.63, 3.8) is 0 Å². The van der Waals surface area contributed by atoms with Crippen LogP contribution in [0, 0.1) is 0 Å². The van der Waals surface area contributed by atoms with E-state index in [1.807, 2.05) is 30.3 Å². The zero-order valence-electron chi connectivity index (χ0n) is 19.4. The number of aliphatic hydroxyl groups excluding tert-OH is 1. The van der Waals surface area contributed by atoms with Gasteiger partial charge in [-0.3, -0.25) is 4.79 Å². The molecule has 2 aliphatic heterocycles. The SMILES string of the molecule is O=C(O)N1CCC2(C1)Nc1c(cnc3[nH]cc(C(O)c4ccc(Oc5ccccc5)cc4Cl)c13)NC2=O. The predicted octanol–water partition coefficient (Wildman–Crippen LogP) is 4.58. The maximum Gasteiger partial charge on any atom is 0.407 e. The third kappa shape index (κ3) is 3.90. The van der Waals surface area contributed by atoms with Crippen LogP contribution in [-0.2, 0) is 4.79 Å². The second-order valence-corrected chi connectivity index (χ2v) is 9.54. The molecule has 2 aromatic heterocycles. The number of halogens is 1. The second kappa shape index (κ2) is 8.68. The Kier molecular flexibility index (Phi) is 5.43. The Morgan fingerprint density at radius 2 is 1.97 bits per heavy atom. The molecule has 1 saturated heterocycles. The fraction of sp³-hybridized carbons (Fsp3) is 0.192. The highest BCUT2D eigenvalue weighted by atomic mass is 35.5. The molecule has 5 N–H and O–H groups in total. The summed E-state index contributed by atoms with van der Waals surface area (Å²) in [5.41, 5.74) is 1.36. The zero-order valence-corrected chi connectivity index (χ0v) is 20.1. The van der Waals surface area contributed by atoms with E-state index in [9.17, 15) is 19.8 Å². The van der Waals surface area contributed by atoms with Gasteiger partial charge in [0.2, 0.25) is 0 Å². The minimum absolute atomic E-state index is 0.00837. The number of aromatic amines is 1. The van der Waals surface area contributed by atoms with E-state index < -0.39 is 17.7 Å². The van der Waals surface area contributed by atoms with Crippen LogP contribution in [0.5, 0.6) is 11.5 Å². The molecule has 10 nitrogen and oxygen atoms in total. The largest absolute Gasteiger partial charge is 0.465 e. The van der Waals surface area contributed by atoms with Gasteiger partial charge in [0.05, 0.1) is 34.5 Å². The van der Waals surface area contributed by atoms with E-state index in [4.69, 9.17) is 16.3 Å². The molecule has 0 saturated carbocycles. The molecule has 2 unspecified atom stereocenters. The van der Waals surface area contributed by atoms with Crippen LogP contribution in [0.1, 0.15) is 23.7 Å². The number of anilines is 2. The van der Waals surface area contributed by atoms with Crippen molar-refractivity contribution in [2.75, 3.05) is 23.7 Å². The predicted molar refractivity (Wildman–Crippen MR) is 137 cm³/mol. The molecule has 0 aliphatic carbocycles. The monoisotopic (exact) mass is 519 g/mol. The lowest BCUT2D eigenvalue weighted by Crippen LogP contribution is -2.54. The minimum Gasteiger partial charge on any atom is -0.465 e. The number of benzene rings is 2. The van der Waals surface area contributed by atoms with Crippen LogP contribution in [0.4, 0.5) is 16.2 Å². The second-order valence-electron chi connectivity index (χ2n) is 9.13. The lowest BCUT2D eigenvalue weighted by atomic mass is 9.92. The summed E-state index contributed by atoms with van der Waals surface area (Å²) in [4.78, 5) is 33.1. The van der Waals surface area contributed by atoms with Crippen LogP contribution in [0.3, 0.4) is 0 Å². The number of likely N-dealkylation sites (tertiary alicyclic amines) is 1. The summed E-state index contributed by atoms with van der Waals surface area (Å²) in [5.74, 6) is 0.872. The molecule has 2 atom stereocenters. The average molecular weight is 520 g/mol. The van der Waals surface area contributed by atoms with E-state index in [0.29, 0.717) is 56.5 Å². The van der Waals surface area contributed by atoms with Gasteiger partial charge in [-0.25, -0.2) is 9.78 Å². The number of ether oxygens (including phenoxy) is 1. The molecule has 0 bridgehead atoms. The molecule has 1 spiro atoms. The molecule has 4 aromatic rings. The Bertz CT molecular complexity index is 1540. The number of rotatable bonds is 4. The van der Waals surface area contributed by atoms with Crippen LogP contribution >= 0.6 is 11.6 Å². The molecule has 6 rings (SSSR count). The summed E-state index contributed by atoms with van der Waals surface area (Å²) in [6, 6.07) is 14.4. The van der Waals surface area contributed by atoms with E-state index >= 15 is 0 Å². The molecular weight excluding hydrogens is 498 g/mol. The number of hydrogen-bond donors (Lipinski definition) is 5. The van der Waals surface area contributed by atoms with Crippen LogP contribution in [0.25, 0.3) is 11.0 Å². The number of nitrogens with one attached hydrogen (secondary N) is 3. The fourth-order valence-corrected chi connectivity index (χ4v) is 5.22. The minimum atomic E-state index is -1.12. The molecule has 188 valence electrons. The number of H-pyrrole nitrogens is 1. The molecule has 0 radical (unpaired) electrons. The Hall–Kier alpha value is -4.28. The van der Waals surface area contributed by atoms with Gasteiger partial charge in [0.1, 0.15) is 28.8 Å². The number of fused-ring (bicyclic) bond motifs is 3. The van der Waals surface area contributed by atoms with Crippen molar-refractivity contribution >= 4 is 46.0 Å². The summed E-state index contributed by atoms with van der Waals surface area (Å²) in [5, 5.41) is 27.9. The van der Waals surface area contributed by atoms with Gasteiger partial charge in [-0.15, -0.1) is 0 Å². The number of carboxylic acid groups (broad SMARTS) is 1. The molecule has 1 fully saturated rings. The highest BCUT2D eigenvalue weighted by molar-refractivity contribution is 6.31. The molecule has 11 heteroatoms. The van der Waals surface area contributed by atoms with E-state index in [1.165, 1.54) is 11.1 Å². The van der Waals surface area contributed by atoms with Crippen LogP contribution in [0.15, 0.2) is 60.9 Å². The quantitative estimate of drug-likeness (QED) is 0.266. The molecule has 37 heavy (non-hydrogen) atoms. The Labute approximate surface area is 215 Å². The zero-order chi connectivity index (χ0) is 25.7. The topological polar surface area (TPSA) is 140 Å². The van der Waals surface area contributed by atoms with Crippen molar-refractivity contribution in [2.24, 2.45) is 0 Å². The maximum absolute atomic E-state index is 13.0. The Morgan fingerprint density at radius 3 is 2.70 bits per heavy atom. The van der Waals surface area contributed by atoms with Crippen molar-refractivity contribution in [1.29, 1.82) is 0 Å². The number of para-hydroxylation sites is 1. The van der Waals surface area contributed by atoms with Gasteiger partial charge in [-0.2, -0.15) is 0 Å². The summed E-state index contributed by atoms with van der Waals surface area (Å²) in [7, 11) is 0. The first-order valence-electron chi connectivity index (χ1n) is 11.6. The van der Waals surface area contributed by atoms with Crippen molar-refractivity contribution in [3.05, 3.63) is 77.1 Å². The summed E-state index contributed by atoms with van der Waals surface area (Å²) < 4.78 is 5.84. The van der Waals surface area contributed by atoms with Gasteiger partial charge >= 0.3 is 6.09 Å². The number of nitrogens with zero attached hydrogens (tertiary/aromatic N) is 2. The normalized spacial score (nSPS) is 19.4. The third-order valence-corrected chi connectivity index (χ3v) is 7.19. The van der Waals surface area contributed by atoms with E-state index in [0.717, 1.165) is 0 Å². The maximum atomic E-state index is 13.0. The van der Waals surface area contributed by atoms with Gasteiger partial charge < -0.3 is 35.5 Å². The number of amides is 2. The molecule has 2 aromatic carbocycles. The van der Waals surface area contributed by atoms with Crippen molar-refractivity contribution in [1.82, 2.24) is 14.9 Å². The first kappa shape index (κ1) is 23.1. The smallest absolute Gasteiger partial charge is 0.407 e. The van der Waals surface area contributed by atoms with Crippen LogP contribution < -0.4 is 15.4 Å². The van der Waals surface area contributed by atoms with Crippen molar-refractivity contribution in [3.8, 4) is 11.5 Å². The van der Waals surface area contributed by atoms with E-state index in [-0.39, 0.29) is 19.0 Å². The van der Waals surface area contributed by atoms with Gasteiger partial charge in [0, 0.05) is 23.9 Å². The van der Waals surface area contributed by atoms with Crippen molar-refractivity contribution in [2.45, 2.75) is 18.1 Å². The Balaban J connectivity index is 1.35. The standard InChI is InChI=1S/C26H22ClN5O5/c27-18-10-15(37-14-4-2-1-3-5-14)6-7-16(18)22(33)17-11-28-23-20(17)21-19(12-29-23)30-24(34)26(31-21)8-9-32(13-26)25(35)36/h1-7,10-12,22,31,33H,8-9,13H2,(H,28,29)(H,30,34)(H,35,36). The molecular formula is C26H22ClN5O5. The first-order valence-corrected chi connectivity index (χ1v) is 12.0. The van der Waals surface area contributed by atoms with Gasteiger partial charge in [-0.05, 0) is 30.7 Å². The summed E-state index contributed by atoms with van der Waals surface area (Å²) in [6.45, 7) is 0.239. The molecule has 4 heterocycles. The molecule has 2 amide bonds. The summed E-state index contributed by atoms with van der Waals surface area (Å²) >= 11 is 6.57. The van der Waals surface area contributed by atoms with E-state index in [2.05, 4.69) is 20.6 Å². The van der Waals surface area contributed by atoms with Gasteiger partial charge in [0.25, 0.3) is 5.91 Å². The number of carbonyl (C=O) groups excluding carboxylic acids is 1. The van der Waals surface area contributed by atoms with Crippen LogP contribution in [0.2, 0.25) is 5.02 Å². The number of aromatic nitrogens is 2. The first-order chi connectivity index (χ1) is 17.8. The average Bonchev–Trinajstić information content (AvgIpc) is 3.51. The fourth-order valence-electron chi connectivity index (χ4n) is 4.94. The van der Waals surface area contributed by atoms with Gasteiger partial charge in [0.15, 0.2) is 0 Å². The summed E-state index contributed by atoms with van der Waals surface area (Å²) in [6.07, 6.45) is 1.29. The van der Waals surface area contributed by atoms with E-state index in [1.54, 1.807) is 24.4 Å². The number of pyridine rings is 1. The third-order valence-electron chi connectivity index (χ3n) is 6.86. The highest BCUT2D eigenvalue weighted by Gasteiger charge is 2.49. The lowest BCUT2D eigenvalue weighted by Gasteiger charge is -2.35. The highest BCUT2D eigenvalue weighted by Crippen LogP contribution is 2.43.